The highest BCUT2D eigenvalue weighted by Crippen LogP contribution is 2.19. The summed E-state index contributed by atoms with van der Waals surface area (Å²) >= 11 is 0. The van der Waals surface area contributed by atoms with E-state index in [-0.39, 0.29) is 12.5 Å². The highest BCUT2D eigenvalue weighted by atomic mass is 16.3. The maximum absolute atomic E-state index is 12.5. The van der Waals surface area contributed by atoms with E-state index in [0.717, 1.165) is 57.8 Å². The zero-order chi connectivity index (χ0) is 56.9. The van der Waals surface area contributed by atoms with Gasteiger partial charge in [-0.1, -0.05) is 376 Å². The lowest BCUT2D eigenvalue weighted by atomic mass is 10.0. The van der Waals surface area contributed by atoms with Gasteiger partial charge in [0.25, 0.3) is 0 Å². The van der Waals surface area contributed by atoms with Crippen LogP contribution in [0.15, 0.2) is 72.9 Å². The van der Waals surface area contributed by atoms with E-state index in [1.165, 1.54) is 302 Å². The number of hydrogen-bond donors (Lipinski definition) is 3. The summed E-state index contributed by atoms with van der Waals surface area (Å²) in [5.74, 6) is -0.0672. The van der Waals surface area contributed by atoms with Crippen LogP contribution in [0.4, 0.5) is 0 Å². The highest BCUT2D eigenvalue weighted by molar-refractivity contribution is 5.76. The Morgan fingerprint density at radius 1 is 0.316 bits per heavy atom. The van der Waals surface area contributed by atoms with Crippen molar-refractivity contribution >= 4 is 5.91 Å². The van der Waals surface area contributed by atoms with E-state index in [4.69, 9.17) is 0 Å². The predicted octanol–water partition coefficient (Wildman–Crippen LogP) is 24.4. The minimum Gasteiger partial charge on any atom is -0.394 e. The average Bonchev–Trinajstić information content (AvgIpc) is 3.45. The molecule has 0 saturated carbocycles. The van der Waals surface area contributed by atoms with Crippen molar-refractivity contribution in [3.05, 3.63) is 72.9 Å². The molecule has 79 heavy (non-hydrogen) atoms. The van der Waals surface area contributed by atoms with Crippen molar-refractivity contribution < 1.29 is 15.0 Å². The Balaban J connectivity index is 3.44. The molecular formula is C75H139NO3. The molecule has 4 heteroatoms. The standard InChI is InChI=1S/C75H139NO3/c1-3-5-7-9-11-13-15-17-19-21-23-25-27-29-31-33-35-36-37-38-39-40-41-43-45-47-49-51-53-55-57-59-61-63-65-67-69-71-75(79)76-73(72-77)74(78)70-68-66-64-62-60-58-56-54-52-50-48-46-44-42-34-32-30-28-26-24-22-20-18-16-14-12-10-8-6-4-2/h5,7,11,13,17,19,23,25,60,62,68,70,73-74,77-78H,3-4,6,8-10,12,14-16,18,20-22,24,26-59,61,63-67,69,71-72H2,1-2H3,(H,76,79)/b7-5-,13-11-,19-17-,25-23-,62-60+,70-68+. The van der Waals surface area contributed by atoms with E-state index < -0.39 is 12.1 Å². The SMILES string of the molecule is CC/C=C\C/C=C\C/C=C\C/C=C\CCCCCCCCCCCCCCCCCCCCCCCCCCC(=O)NC(CO)C(O)/C=C/CC/C=C/CCCCCCCCCCCCCCCCCCCCCCCCCC. The number of carbonyl (C=O) groups excluding carboxylic acids is 1. The molecular weight excluding hydrogens is 963 g/mol. The van der Waals surface area contributed by atoms with Crippen LogP contribution < -0.4 is 5.32 Å². The van der Waals surface area contributed by atoms with Crippen molar-refractivity contribution in [1.29, 1.82) is 0 Å². The van der Waals surface area contributed by atoms with Crippen molar-refractivity contribution in [3.63, 3.8) is 0 Å². The molecule has 0 fully saturated rings. The summed E-state index contributed by atoms with van der Waals surface area (Å²) in [6.45, 7) is 4.22. The average molecular weight is 1100 g/mol. The molecule has 1 amide bonds. The number of nitrogens with one attached hydrogen (secondary N) is 1. The second kappa shape index (κ2) is 70.1. The van der Waals surface area contributed by atoms with Gasteiger partial charge in [0.2, 0.25) is 5.91 Å². The second-order valence-corrected chi connectivity index (χ2v) is 24.3. The molecule has 0 radical (unpaired) electrons. The maximum atomic E-state index is 12.5. The largest absolute Gasteiger partial charge is 0.394 e. The van der Waals surface area contributed by atoms with Crippen LogP contribution in [-0.4, -0.2) is 34.9 Å². The number of allylic oxidation sites excluding steroid dienone is 11. The van der Waals surface area contributed by atoms with Crippen molar-refractivity contribution in [3.8, 4) is 0 Å². The summed E-state index contributed by atoms with van der Waals surface area (Å²) in [5.41, 5.74) is 0. The Morgan fingerprint density at radius 2 is 0.570 bits per heavy atom. The summed E-state index contributed by atoms with van der Waals surface area (Å²) in [7, 11) is 0. The number of rotatable bonds is 66. The van der Waals surface area contributed by atoms with Crippen LogP contribution in [0.3, 0.4) is 0 Å². The molecule has 0 aromatic rings. The third-order valence-corrected chi connectivity index (χ3v) is 16.4. The quantitative estimate of drug-likeness (QED) is 0.0420. The van der Waals surface area contributed by atoms with E-state index in [2.05, 4.69) is 79.9 Å². The molecule has 2 unspecified atom stereocenters. The lowest BCUT2D eigenvalue weighted by Gasteiger charge is -2.19. The molecule has 4 nitrogen and oxygen atoms in total. The van der Waals surface area contributed by atoms with Crippen LogP contribution in [0.25, 0.3) is 0 Å². The smallest absolute Gasteiger partial charge is 0.220 e. The van der Waals surface area contributed by atoms with Gasteiger partial charge in [-0.15, -0.1) is 0 Å². The van der Waals surface area contributed by atoms with Crippen LogP contribution in [0.5, 0.6) is 0 Å². The van der Waals surface area contributed by atoms with Gasteiger partial charge in [0.1, 0.15) is 0 Å². The first-order valence-electron chi connectivity index (χ1n) is 35.7. The first kappa shape index (κ1) is 76.8. The summed E-state index contributed by atoms with van der Waals surface area (Å²) in [6, 6.07) is -0.642. The van der Waals surface area contributed by atoms with E-state index in [1.54, 1.807) is 6.08 Å². The number of aliphatic hydroxyl groups is 2. The zero-order valence-electron chi connectivity index (χ0n) is 53.4. The van der Waals surface area contributed by atoms with Gasteiger partial charge in [-0.05, 0) is 70.6 Å². The van der Waals surface area contributed by atoms with Gasteiger partial charge in [0.05, 0.1) is 18.8 Å². The van der Waals surface area contributed by atoms with Gasteiger partial charge in [0.15, 0.2) is 0 Å². The first-order chi connectivity index (χ1) is 39.2. The Morgan fingerprint density at radius 3 is 0.886 bits per heavy atom. The second-order valence-electron chi connectivity index (χ2n) is 24.3. The first-order valence-corrected chi connectivity index (χ1v) is 35.7. The molecule has 0 rings (SSSR count). The van der Waals surface area contributed by atoms with Crippen LogP contribution in [0, 0.1) is 0 Å². The van der Waals surface area contributed by atoms with Crippen LogP contribution >= 0.6 is 0 Å². The molecule has 0 heterocycles. The lowest BCUT2D eigenvalue weighted by Crippen LogP contribution is -2.45. The Hall–Kier alpha value is -2.17. The van der Waals surface area contributed by atoms with Gasteiger partial charge < -0.3 is 15.5 Å². The fraction of sp³-hybridized carbons (Fsp3) is 0.827. The number of hydrogen-bond acceptors (Lipinski definition) is 3. The van der Waals surface area contributed by atoms with Crippen LogP contribution in [0.1, 0.15) is 380 Å². The number of carbonyl (C=O) groups is 1. The summed E-state index contributed by atoms with van der Waals surface area (Å²) in [6.07, 6.45) is 101. The van der Waals surface area contributed by atoms with Gasteiger partial charge >= 0.3 is 0 Å². The number of aliphatic hydroxyl groups excluding tert-OH is 2. The van der Waals surface area contributed by atoms with Crippen molar-refractivity contribution in [1.82, 2.24) is 5.32 Å². The Labute approximate surface area is 495 Å². The monoisotopic (exact) mass is 1100 g/mol. The molecule has 0 aromatic heterocycles. The van der Waals surface area contributed by atoms with E-state index >= 15 is 0 Å². The van der Waals surface area contributed by atoms with Crippen molar-refractivity contribution in [2.45, 2.75) is 392 Å². The van der Waals surface area contributed by atoms with Crippen LogP contribution in [0.2, 0.25) is 0 Å². The molecule has 0 saturated heterocycles. The molecule has 0 aromatic carbocycles. The third kappa shape index (κ3) is 66.5. The number of unbranched alkanes of at least 4 members (excludes halogenated alkanes) is 49. The molecule has 2 atom stereocenters. The number of amides is 1. The van der Waals surface area contributed by atoms with Crippen molar-refractivity contribution in [2.75, 3.05) is 6.61 Å². The van der Waals surface area contributed by atoms with Gasteiger partial charge in [0, 0.05) is 6.42 Å². The van der Waals surface area contributed by atoms with Gasteiger partial charge in [-0.3, -0.25) is 4.79 Å². The summed E-state index contributed by atoms with van der Waals surface area (Å²) < 4.78 is 0. The predicted molar refractivity (Wildman–Crippen MR) is 354 cm³/mol. The van der Waals surface area contributed by atoms with E-state index in [9.17, 15) is 15.0 Å². The summed E-state index contributed by atoms with van der Waals surface area (Å²) in [4.78, 5) is 12.5. The third-order valence-electron chi connectivity index (χ3n) is 16.4. The Kier molecular flexibility index (Phi) is 68.2. The van der Waals surface area contributed by atoms with Crippen LogP contribution in [-0.2, 0) is 4.79 Å². The summed E-state index contributed by atoms with van der Waals surface area (Å²) in [5, 5.41) is 23.3. The minimum absolute atomic E-state index is 0.0672. The van der Waals surface area contributed by atoms with Gasteiger partial charge in [-0.2, -0.15) is 0 Å². The molecule has 0 spiro atoms. The zero-order valence-corrected chi connectivity index (χ0v) is 53.4. The molecule has 0 aliphatic rings. The maximum Gasteiger partial charge on any atom is 0.220 e. The fourth-order valence-corrected chi connectivity index (χ4v) is 11.1. The van der Waals surface area contributed by atoms with E-state index in [0.29, 0.717) is 6.42 Å². The molecule has 462 valence electrons. The van der Waals surface area contributed by atoms with Gasteiger partial charge in [-0.25, -0.2) is 0 Å². The Bertz CT molecular complexity index is 1340. The molecule has 0 aliphatic heterocycles. The highest BCUT2D eigenvalue weighted by Gasteiger charge is 2.18. The van der Waals surface area contributed by atoms with Crippen molar-refractivity contribution in [2.24, 2.45) is 0 Å². The normalized spacial score (nSPS) is 13.1. The molecule has 0 aliphatic carbocycles. The minimum atomic E-state index is -0.865. The van der Waals surface area contributed by atoms with E-state index in [1.807, 2.05) is 6.08 Å². The topological polar surface area (TPSA) is 69.6 Å². The molecule has 0 bridgehead atoms. The molecule has 3 N–H and O–H groups in total. The fourth-order valence-electron chi connectivity index (χ4n) is 11.1. The lowest BCUT2D eigenvalue weighted by molar-refractivity contribution is -0.123.